The number of carbonyl (C=O) groups excluding carboxylic acids is 1. The van der Waals surface area contributed by atoms with E-state index >= 15 is 0 Å². The van der Waals surface area contributed by atoms with Gasteiger partial charge in [0.25, 0.3) is 5.91 Å². The first-order chi connectivity index (χ1) is 13.0. The largest absolute Gasteiger partial charge is 0.322 e. The van der Waals surface area contributed by atoms with Gasteiger partial charge in [0.05, 0.1) is 5.02 Å². The van der Waals surface area contributed by atoms with Crippen LogP contribution in [0.15, 0.2) is 59.2 Å². The smallest absolute Gasteiger partial charge is 0.261 e. The van der Waals surface area contributed by atoms with Crippen LogP contribution in [0.25, 0.3) is 22.2 Å². The molecule has 27 heavy (non-hydrogen) atoms. The summed E-state index contributed by atoms with van der Waals surface area (Å²) in [5.41, 5.74) is 2.32. The second kappa shape index (κ2) is 6.77. The fourth-order valence-electron chi connectivity index (χ4n) is 2.67. The second-order valence-electron chi connectivity index (χ2n) is 5.71. The van der Waals surface area contributed by atoms with Crippen molar-refractivity contribution in [1.82, 2.24) is 10.3 Å². The Hall–Kier alpha value is -3.32. The quantitative estimate of drug-likeness (QED) is 0.534. The van der Waals surface area contributed by atoms with E-state index in [1.165, 1.54) is 6.07 Å². The maximum Gasteiger partial charge on any atom is 0.261 e. The number of fused-ring (bicyclic) bond motifs is 1. The second-order valence-corrected chi connectivity index (χ2v) is 6.12. The van der Waals surface area contributed by atoms with E-state index in [1.807, 2.05) is 0 Å². The van der Waals surface area contributed by atoms with Crippen molar-refractivity contribution in [3.05, 3.63) is 76.8 Å². The number of amides is 1. The number of hydrogen-bond acceptors (Lipinski definition) is 4. The van der Waals surface area contributed by atoms with Gasteiger partial charge in [-0.3, -0.25) is 4.79 Å². The predicted molar refractivity (Wildman–Crippen MR) is 96.6 cm³/mol. The number of nitrogens with one attached hydrogen (secondary N) is 1. The van der Waals surface area contributed by atoms with Gasteiger partial charge in [-0.25, -0.2) is 13.4 Å². The molecule has 0 saturated heterocycles. The number of carbonyl (C=O) groups is 1. The molecular formula is C19H10ClF2N3O2. The summed E-state index contributed by atoms with van der Waals surface area (Å²) in [6, 6.07) is 13.3. The van der Waals surface area contributed by atoms with Crippen molar-refractivity contribution in [1.29, 1.82) is 0 Å². The maximum atomic E-state index is 13.7. The van der Waals surface area contributed by atoms with Crippen molar-refractivity contribution < 1.29 is 18.2 Å². The van der Waals surface area contributed by atoms with Gasteiger partial charge >= 0.3 is 0 Å². The zero-order valence-corrected chi connectivity index (χ0v) is 14.3. The Kier molecular flexibility index (Phi) is 4.29. The standard InChI is InChI=1S/C19H10ClF2N3O2/c20-13-9-17-16(24-27-25-17)8-12(13)10-4-6-11(7-5-10)23-19(26)18-14(21)2-1-3-15(18)22/h1-9H,(H,23,26). The van der Waals surface area contributed by atoms with Crippen LogP contribution in [0.4, 0.5) is 14.5 Å². The lowest BCUT2D eigenvalue weighted by atomic mass is 10.0. The summed E-state index contributed by atoms with van der Waals surface area (Å²) >= 11 is 6.27. The SMILES string of the molecule is O=C(Nc1ccc(-c2cc3nonc3cc2Cl)cc1)c1c(F)cccc1F. The van der Waals surface area contributed by atoms with Gasteiger partial charge in [0, 0.05) is 11.3 Å². The maximum absolute atomic E-state index is 13.7. The van der Waals surface area contributed by atoms with Crippen molar-refractivity contribution in [3.8, 4) is 11.1 Å². The Morgan fingerprint density at radius 3 is 2.26 bits per heavy atom. The third kappa shape index (κ3) is 3.24. The van der Waals surface area contributed by atoms with Crippen molar-refractivity contribution >= 4 is 34.2 Å². The highest BCUT2D eigenvalue weighted by atomic mass is 35.5. The van der Waals surface area contributed by atoms with Crippen molar-refractivity contribution in [2.75, 3.05) is 5.32 Å². The highest BCUT2D eigenvalue weighted by Gasteiger charge is 2.17. The molecule has 4 aromatic rings. The molecule has 0 fully saturated rings. The first kappa shape index (κ1) is 17.1. The van der Waals surface area contributed by atoms with E-state index in [9.17, 15) is 13.6 Å². The zero-order chi connectivity index (χ0) is 19.0. The number of anilines is 1. The molecule has 0 spiro atoms. The predicted octanol–water partition coefficient (Wildman–Crippen LogP) is 5.07. The average Bonchev–Trinajstić information content (AvgIpc) is 3.09. The van der Waals surface area contributed by atoms with Crippen LogP contribution < -0.4 is 5.32 Å². The van der Waals surface area contributed by atoms with Crippen LogP contribution in [0.5, 0.6) is 0 Å². The number of rotatable bonds is 3. The van der Waals surface area contributed by atoms with Crippen LogP contribution >= 0.6 is 11.6 Å². The first-order valence-electron chi connectivity index (χ1n) is 7.80. The first-order valence-corrected chi connectivity index (χ1v) is 8.18. The summed E-state index contributed by atoms with van der Waals surface area (Å²) in [6.07, 6.45) is 0. The monoisotopic (exact) mass is 385 g/mol. The summed E-state index contributed by atoms with van der Waals surface area (Å²) in [7, 11) is 0. The molecule has 1 amide bonds. The van der Waals surface area contributed by atoms with E-state index in [0.29, 0.717) is 27.3 Å². The molecule has 4 rings (SSSR count). The number of benzene rings is 3. The van der Waals surface area contributed by atoms with Gasteiger partial charge in [-0.2, -0.15) is 0 Å². The van der Waals surface area contributed by atoms with E-state index < -0.39 is 23.1 Å². The lowest BCUT2D eigenvalue weighted by Crippen LogP contribution is -2.15. The number of aromatic nitrogens is 2. The van der Waals surface area contributed by atoms with Gasteiger partial charge in [0.2, 0.25) is 0 Å². The van der Waals surface area contributed by atoms with Gasteiger partial charge in [0.1, 0.15) is 28.2 Å². The molecule has 1 N–H and O–H groups in total. The van der Waals surface area contributed by atoms with E-state index in [-0.39, 0.29) is 0 Å². The molecule has 5 nitrogen and oxygen atoms in total. The van der Waals surface area contributed by atoms with Crippen LogP contribution in [0, 0.1) is 11.6 Å². The van der Waals surface area contributed by atoms with E-state index in [4.69, 9.17) is 11.6 Å². The molecule has 1 heterocycles. The van der Waals surface area contributed by atoms with Crippen LogP contribution in [-0.4, -0.2) is 16.2 Å². The molecule has 3 aromatic carbocycles. The van der Waals surface area contributed by atoms with E-state index in [0.717, 1.165) is 17.7 Å². The molecular weight excluding hydrogens is 376 g/mol. The molecule has 0 saturated carbocycles. The van der Waals surface area contributed by atoms with Crippen LogP contribution in [0.2, 0.25) is 5.02 Å². The Morgan fingerprint density at radius 1 is 0.963 bits per heavy atom. The van der Waals surface area contributed by atoms with Gasteiger partial charge in [0.15, 0.2) is 0 Å². The van der Waals surface area contributed by atoms with Crippen molar-refractivity contribution in [2.45, 2.75) is 0 Å². The Morgan fingerprint density at radius 2 is 1.59 bits per heavy atom. The highest BCUT2D eigenvalue weighted by Crippen LogP contribution is 2.31. The van der Waals surface area contributed by atoms with Crippen LogP contribution in [-0.2, 0) is 0 Å². The summed E-state index contributed by atoms with van der Waals surface area (Å²) in [6.45, 7) is 0. The van der Waals surface area contributed by atoms with Gasteiger partial charge < -0.3 is 5.32 Å². The molecule has 0 aliphatic carbocycles. The summed E-state index contributed by atoms with van der Waals surface area (Å²) in [5, 5.41) is 10.4. The number of halogens is 3. The minimum atomic E-state index is -0.926. The zero-order valence-electron chi connectivity index (χ0n) is 13.5. The van der Waals surface area contributed by atoms with E-state index in [1.54, 1.807) is 36.4 Å². The average molecular weight is 386 g/mol. The Balaban J connectivity index is 1.60. The normalized spacial score (nSPS) is 10.9. The van der Waals surface area contributed by atoms with Crippen LogP contribution in [0.3, 0.4) is 0 Å². The fraction of sp³-hybridized carbons (Fsp3) is 0. The molecule has 0 atom stereocenters. The lowest BCUT2D eigenvalue weighted by molar-refractivity contribution is 0.101. The Labute approximate surface area is 156 Å². The highest BCUT2D eigenvalue weighted by molar-refractivity contribution is 6.34. The van der Waals surface area contributed by atoms with E-state index in [2.05, 4.69) is 20.3 Å². The topological polar surface area (TPSA) is 68.0 Å². The molecule has 134 valence electrons. The summed E-state index contributed by atoms with van der Waals surface area (Å²) in [4.78, 5) is 12.1. The third-order valence-corrected chi connectivity index (χ3v) is 4.30. The van der Waals surface area contributed by atoms with Gasteiger partial charge in [-0.15, -0.1) is 0 Å². The molecule has 0 aliphatic rings. The molecule has 0 unspecified atom stereocenters. The molecule has 0 bridgehead atoms. The molecule has 0 radical (unpaired) electrons. The minimum absolute atomic E-state index is 0.381. The summed E-state index contributed by atoms with van der Waals surface area (Å²) < 4.78 is 32.1. The van der Waals surface area contributed by atoms with Gasteiger partial charge in [-0.05, 0) is 52.3 Å². The third-order valence-electron chi connectivity index (χ3n) is 3.99. The number of hydrogen-bond donors (Lipinski definition) is 1. The summed E-state index contributed by atoms with van der Waals surface area (Å²) in [5.74, 6) is -2.72. The Bertz CT molecular complexity index is 1140. The minimum Gasteiger partial charge on any atom is -0.322 e. The number of nitrogens with zero attached hydrogens (tertiary/aromatic N) is 2. The van der Waals surface area contributed by atoms with Crippen molar-refractivity contribution in [2.24, 2.45) is 0 Å². The molecule has 1 aromatic heterocycles. The molecule has 8 heteroatoms. The molecule has 0 aliphatic heterocycles. The van der Waals surface area contributed by atoms with Gasteiger partial charge in [-0.1, -0.05) is 29.8 Å². The van der Waals surface area contributed by atoms with Crippen LogP contribution in [0.1, 0.15) is 10.4 Å². The fourth-order valence-corrected chi connectivity index (χ4v) is 2.94. The lowest BCUT2D eigenvalue weighted by Gasteiger charge is -2.09. The van der Waals surface area contributed by atoms with Crippen molar-refractivity contribution in [3.63, 3.8) is 0 Å².